The number of unbranched alkanes of at least 4 members (excludes halogenated alkanes) is 5. The Morgan fingerprint density at radius 3 is 2.34 bits per heavy atom. The maximum absolute atomic E-state index is 14.0. The van der Waals surface area contributed by atoms with Crippen LogP contribution in [0.25, 0.3) is 0 Å². The van der Waals surface area contributed by atoms with E-state index in [9.17, 15) is 19.7 Å². The van der Waals surface area contributed by atoms with E-state index in [1.165, 1.54) is 49.9 Å². The molecule has 1 aliphatic heterocycles. The third-order valence-corrected chi connectivity index (χ3v) is 8.79. The quantitative estimate of drug-likeness (QED) is 0.0985. The van der Waals surface area contributed by atoms with Gasteiger partial charge in [0, 0.05) is 35.5 Å². The first kappa shape index (κ1) is 34.9. The normalized spacial score (nSPS) is 16.1. The molecule has 8 nitrogen and oxygen atoms in total. The molecule has 0 unspecified atom stereocenters. The average molecular weight is 592 g/mol. The van der Waals surface area contributed by atoms with E-state index in [-0.39, 0.29) is 39.4 Å². The summed E-state index contributed by atoms with van der Waals surface area (Å²) in [5, 5.41) is 12.2. The zero-order chi connectivity index (χ0) is 31.0. The minimum absolute atomic E-state index is 0.0253. The number of aryl methyl sites for hydroxylation is 1. The number of ether oxygens (including phenoxy) is 1. The number of carbonyl (C=O) groups is 2. The lowest BCUT2D eigenvalue weighted by atomic mass is 9.99. The molecule has 1 aromatic rings. The Morgan fingerprint density at radius 2 is 1.76 bits per heavy atom. The number of amides is 2. The van der Waals surface area contributed by atoms with E-state index in [2.05, 4.69) is 20.8 Å². The van der Waals surface area contributed by atoms with Crippen molar-refractivity contribution in [1.29, 1.82) is 0 Å². The molecule has 1 fully saturated rings. The molecular formula is C32H53N3O5S. The predicted molar refractivity (Wildman–Crippen MR) is 168 cm³/mol. The van der Waals surface area contributed by atoms with Crippen LogP contribution in [0.2, 0.25) is 0 Å². The molecule has 41 heavy (non-hydrogen) atoms. The third-order valence-electron chi connectivity index (χ3n) is 7.48. The molecule has 0 N–H and O–H groups in total. The number of nitrogens with zero attached hydrogens (tertiary/aromatic N) is 3. The van der Waals surface area contributed by atoms with Gasteiger partial charge in [0.15, 0.2) is 0 Å². The van der Waals surface area contributed by atoms with E-state index in [0.29, 0.717) is 23.5 Å². The van der Waals surface area contributed by atoms with Crippen molar-refractivity contribution in [3.8, 4) is 0 Å². The highest BCUT2D eigenvalue weighted by Gasteiger charge is 2.36. The fourth-order valence-corrected chi connectivity index (χ4v) is 6.76. The maximum atomic E-state index is 14.0. The van der Waals surface area contributed by atoms with Crippen molar-refractivity contribution in [2.45, 2.75) is 147 Å². The summed E-state index contributed by atoms with van der Waals surface area (Å²) in [6.07, 6.45) is 9.36. The zero-order valence-electron chi connectivity index (χ0n) is 26.9. The van der Waals surface area contributed by atoms with Crippen molar-refractivity contribution in [3.05, 3.63) is 33.4 Å². The van der Waals surface area contributed by atoms with Crippen LogP contribution in [0, 0.1) is 17.0 Å². The number of hydrogen-bond acceptors (Lipinski definition) is 6. The van der Waals surface area contributed by atoms with Crippen LogP contribution in [0.15, 0.2) is 17.0 Å². The predicted octanol–water partition coefficient (Wildman–Crippen LogP) is 8.77. The number of nitro benzene ring substituents is 1. The smallest absolute Gasteiger partial charge is 0.410 e. The van der Waals surface area contributed by atoms with E-state index in [1.807, 2.05) is 47.6 Å². The minimum atomic E-state index is -0.601. The molecule has 9 heteroatoms. The number of carbonyl (C=O) groups excluding carboxylic acids is 2. The highest BCUT2D eigenvalue weighted by atomic mass is 32.2. The first-order chi connectivity index (χ1) is 19.1. The van der Waals surface area contributed by atoms with Gasteiger partial charge in [-0.15, -0.1) is 11.8 Å². The van der Waals surface area contributed by atoms with E-state index in [1.54, 1.807) is 9.80 Å². The Kier molecular flexibility index (Phi) is 13.0. The van der Waals surface area contributed by atoms with Crippen LogP contribution < -0.4 is 0 Å². The summed E-state index contributed by atoms with van der Waals surface area (Å²) in [6.45, 7) is 18.7. The average Bonchev–Trinajstić information content (AvgIpc) is 2.84. The van der Waals surface area contributed by atoms with E-state index in [4.69, 9.17) is 4.74 Å². The lowest BCUT2D eigenvalue weighted by molar-refractivity contribution is -0.387. The lowest BCUT2D eigenvalue weighted by Gasteiger charge is -2.41. The number of hydrogen-bond donors (Lipinski definition) is 0. The number of rotatable bonds is 13. The number of piperidine rings is 1. The summed E-state index contributed by atoms with van der Waals surface area (Å²) in [5.41, 5.74) is 0.445. The molecule has 2 rings (SSSR count). The Balaban J connectivity index is 2.25. The molecule has 0 bridgehead atoms. The highest BCUT2D eigenvalue weighted by molar-refractivity contribution is 8.00. The van der Waals surface area contributed by atoms with Gasteiger partial charge in [-0.1, -0.05) is 59.3 Å². The summed E-state index contributed by atoms with van der Waals surface area (Å²) >= 11 is 1.53. The van der Waals surface area contributed by atoms with Crippen molar-refractivity contribution in [2.75, 3.05) is 13.1 Å². The van der Waals surface area contributed by atoms with Gasteiger partial charge >= 0.3 is 6.09 Å². The van der Waals surface area contributed by atoms with Gasteiger partial charge in [0.25, 0.3) is 11.6 Å². The lowest BCUT2D eigenvalue weighted by Crippen LogP contribution is -2.54. The van der Waals surface area contributed by atoms with Crippen LogP contribution in [0.3, 0.4) is 0 Å². The van der Waals surface area contributed by atoms with Crippen LogP contribution in [-0.4, -0.2) is 62.2 Å². The maximum Gasteiger partial charge on any atom is 0.410 e. The van der Waals surface area contributed by atoms with Gasteiger partial charge in [0.05, 0.1) is 15.9 Å². The van der Waals surface area contributed by atoms with E-state index < -0.39 is 5.60 Å². The monoisotopic (exact) mass is 591 g/mol. The topological polar surface area (TPSA) is 93.0 Å². The second-order valence-electron chi connectivity index (χ2n) is 13.3. The van der Waals surface area contributed by atoms with Gasteiger partial charge in [-0.05, 0) is 72.4 Å². The van der Waals surface area contributed by atoms with Gasteiger partial charge in [0.2, 0.25) is 0 Å². The third kappa shape index (κ3) is 10.8. The number of benzene rings is 1. The molecule has 0 spiro atoms. The Hall–Kier alpha value is -2.29. The summed E-state index contributed by atoms with van der Waals surface area (Å²) in [5.74, 6) is -0.237. The van der Waals surface area contributed by atoms with Crippen molar-refractivity contribution in [3.63, 3.8) is 0 Å². The molecule has 0 saturated carbocycles. The van der Waals surface area contributed by atoms with Gasteiger partial charge in [0.1, 0.15) is 5.60 Å². The SMILES string of the molecule is CCCCCCCCC(C)(C)Sc1cc(C)c(C(=O)N(C(C)C)[C@@H]2CCCN(C(=O)OC(C)(C)C)C2)cc1[N+](=O)[O-]. The molecule has 1 atom stereocenters. The molecule has 0 aromatic heterocycles. The number of thioether (sulfide) groups is 1. The second-order valence-corrected chi connectivity index (χ2v) is 15.0. The molecule has 232 valence electrons. The highest BCUT2D eigenvalue weighted by Crippen LogP contribution is 2.42. The van der Waals surface area contributed by atoms with Crippen LogP contribution >= 0.6 is 11.8 Å². The summed E-state index contributed by atoms with van der Waals surface area (Å²) in [7, 11) is 0. The fraction of sp³-hybridized carbons (Fsp3) is 0.750. The van der Waals surface area contributed by atoms with Crippen molar-refractivity contribution >= 4 is 29.4 Å². The van der Waals surface area contributed by atoms with E-state index in [0.717, 1.165) is 31.2 Å². The van der Waals surface area contributed by atoms with Crippen LogP contribution in [-0.2, 0) is 4.74 Å². The summed E-state index contributed by atoms with van der Waals surface area (Å²) in [4.78, 5) is 42.6. The largest absolute Gasteiger partial charge is 0.444 e. The molecule has 1 saturated heterocycles. The summed E-state index contributed by atoms with van der Waals surface area (Å²) < 4.78 is 5.42. The van der Waals surface area contributed by atoms with Crippen molar-refractivity contribution < 1.29 is 19.2 Å². The van der Waals surface area contributed by atoms with Crippen molar-refractivity contribution in [2.24, 2.45) is 0 Å². The molecule has 1 heterocycles. The van der Waals surface area contributed by atoms with Gasteiger partial charge < -0.3 is 14.5 Å². The van der Waals surface area contributed by atoms with Gasteiger partial charge in [-0.3, -0.25) is 14.9 Å². The minimum Gasteiger partial charge on any atom is -0.444 e. The zero-order valence-corrected chi connectivity index (χ0v) is 27.7. The molecule has 1 aromatic carbocycles. The Bertz CT molecular complexity index is 1050. The van der Waals surface area contributed by atoms with Crippen molar-refractivity contribution in [1.82, 2.24) is 9.80 Å². The Morgan fingerprint density at radius 1 is 1.12 bits per heavy atom. The van der Waals surface area contributed by atoms with Crippen LogP contribution in [0.1, 0.15) is 129 Å². The van der Waals surface area contributed by atoms with E-state index >= 15 is 0 Å². The van der Waals surface area contributed by atoms with Crippen LogP contribution in [0.4, 0.5) is 10.5 Å². The first-order valence-electron chi connectivity index (χ1n) is 15.3. The van der Waals surface area contributed by atoms with Crippen LogP contribution in [0.5, 0.6) is 0 Å². The molecular weight excluding hydrogens is 538 g/mol. The molecule has 0 radical (unpaired) electrons. The molecule has 0 aliphatic carbocycles. The second kappa shape index (κ2) is 15.3. The standard InChI is InChI=1S/C32H53N3O5S/c1-10-11-12-13-14-15-18-32(8,9)41-28-20-24(4)26(21-27(28)35(38)39)29(36)34(23(2)3)25-17-16-19-33(22-25)30(37)40-31(5,6)7/h20-21,23,25H,10-19,22H2,1-9H3/t25-/m1/s1. The molecule has 2 amide bonds. The number of likely N-dealkylation sites (tertiary alicyclic amines) is 1. The summed E-state index contributed by atoms with van der Waals surface area (Å²) in [6, 6.07) is 2.93. The first-order valence-corrected chi connectivity index (χ1v) is 16.2. The fourth-order valence-electron chi connectivity index (χ4n) is 5.44. The number of nitro groups is 1. The Labute approximate surface area is 252 Å². The van der Waals surface area contributed by atoms with Gasteiger partial charge in [-0.25, -0.2) is 4.79 Å². The molecule has 1 aliphatic rings. The van der Waals surface area contributed by atoms with Gasteiger partial charge in [-0.2, -0.15) is 0 Å².